The van der Waals surface area contributed by atoms with E-state index in [1.165, 1.54) is 17.0 Å². The number of nitrogens with one attached hydrogen (secondary N) is 1. The molecule has 0 aliphatic carbocycles. The summed E-state index contributed by atoms with van der Waals surface area (Å²) < 4.78 is 23.7. The van der Waals surface area contributed by atoms with Crippen LogP contribution in [0.4, 0.5) is 4.39 Å². The fourth-order valence-electron chi connectivity index (χ4n) is 3.56. The average Bonchev–Trinajstić information content (AvgIpc) is 3.07. The first-order chi connectivity index (χ1) is 11.6. The second kappa shape index (κ2) is 6.07. The van der Waals surface area contributed by atoms with Crippen molar-refractivity contribution in [3.63, 3.8) is 0 Å². The highest BCUT2D eigenvalue weighted by Gasteiger charge is 2.37. The van der Waals surface area contributed by atoms with Crippen molar-refractivity contribution in [3.8, 4) is 11.5 Å². The Kier molecular flexibility index (Phi) is 3.90. The van der Waals surface area contributed by atoms with Crippen LogP contribution in [0.1, 0.15) is 24.0 Å². The lowest BCUT2D eigenvalue weighted by molar-refractivity contribution is -0.921. The van der Waals surface area contributed by atoms with Crippen LogP contribution in [0.2, 0.25) is 0 Å². The Morgan fingerprint density at radius 1 is 1.00 bits per heavy atom. The van der Waals surface area contributed by atoms with Gasteiger partial charge in [-0.25, -0.2) is 4.39 Å². The fourth-order valence-corrected chi connectivity index (χ4v) is 3.56. The molecule has 1 saturated heterocycles. The van der Waals surface area contributed by atoms with E-state index in [9.17, 15) is 9.50 Å². The molecule has 2 heterocycles. The maximum Gasteiger partial charge on any atom is 0.231 e. The van der Waals surface area contributed by atoms with Gasteiger partial charge >= 0.3 is 0 Å². The standard InChI is InChI=1S/C19H20FNO3/c20-16-4-1-14(2-5-16)12-21-9-7-19(22,8-10-21)15-3-6-17-18(11-15)24-13-23-17/h1-6,11,22H,7-10,12-13H2/p+1. The zero-order valence-corrected chi connectivity index (χ0v) is 13.4. The highest BCUT2D eigenvalue weighted by molar-refractivity contribution is 5.46. The second-order valence-corrected chi connectivity index (χ2v) is 6.65. The summed E-state index contributed by atoms with van der Waals surface area (Å²) in [6.45, 7) is 2.86. The first kappa shape index (κ1) is 15.4. The van der Waals surface area contributed by atoms with Crippen molar-refractivity contribution in [3.05, 3.63) is 59.4 Å². The molecule has 4 nitrogen and oxygen atoms in total. The summed E-state index contributed by atoms with van der Waals surface area (Å²) in [7, 11) is 0. The molecule has 2 aromatic carbocycles. The zero-order valence-electron chi connectivity index (χ0n) is 13.4. The maximum absolute atomic E-state index is 13.0. The van der Waals surface area contributed by atoms with E-state index >= 15 is 0 Å². The van der Waals surface area contributed by atoms with E-state index in [4.69, 9.17) is 9.47 Å². The molecule has 4 rings (SSSR count). The average molecular weight is 330 g/mol. The van der Waals surface area contributed by atoms with Gasteiger partial charge in [-0.15, -0.1) is 0 Å². The fraction of sp³-hybridized carbons (Fsp3) is 0.368. The van der Waals surface area contributed by atoms with E-state index in [2.05, 4.69) is 0 Å². The normalized spacial score (nSPS) is 25.7. The molecule has 126 valence electrons. The van der Waals surface area contributed by atoms with Crippen LogP contribution >= 0.6 is 0 Å². The number of ether oxygens (including phenoxy) is 2. The number of aliphatic hydroxyl groups is 1. The summed E-state index contributed by atoms with van der Waals surface area (Å²) in [5.41, 5.74) is 1.21. The molecule has 0 spiro atoms. The second-order valence-electron chi connectivity index (χ2n) is 6.65. The van der Waals surface area contributed by atoms with Crippen LogP contribution in [0, 0.1) is 5.82 Å². The Morgan fingerprint density at radius 2 is 1.71 bits per heavy atom. The summed E-state index contributed by atoms with van der Waals surface area (Å²) in [6, 6.07) is 12.4. The van der Waals surface area contributed by atoms with Gasteiger partial charge < -0.3 is 19.5 Å². The van der Waals surface area contributed by atoms with E-state index in [1.807, 2.05) is 30.3 Å². The third kappa shape index (κ3) is 2.97. The molecule has 2 aromatic rings. The number of likely N-dealkylation sites (tertiary alicyclic amines) is 1. The van der Waals surface area contributed by atoms with Gasteiger partial charge in [-0.1, -0.05) is 18.2 Å². The molecule has 0 radical (unpaired) electrons. The number of hydrogen-bond acceptors (Lipinski definition) is 3. The quantitative estimate of drug-likeness (QED) is 0.899. The predicted octanol–water partition coefficient (Wildman–Crippen LogP) is 1.62. The van der Waals surface area contributed by atoms with Crippen molar-refractivity contribution in [1.29, 1.82) is 0 Å². The number of benzene rings is 2. The summed E-state index contributed by atoms with van der Waals surface area (Å²) in [5.74, 6) is 1.24. The van der Waals surface area contributed by atoms with E-state index in [0.29, 0.717) is 18.6 Å². The molecule has 0 atom stereocenters. The molecule has 0 amide bonds. The molecule has 0 bridgehead atoms. The molecular weight excluding hydrogens is 309 g/mol. The van der Waals surface area contributed by atoms with Gasteiger partial charge in [0, 0.05) is 18.4 Å². The predicted molar refractivity (Wildman–Crippen MR) is 86.5 cm³/mol. The topological polar surface area (TPSA) is 43.1 Å². The Bertz CT molecular complexity index is 724. The third-order valence-corrected chi connectivity index (χ3v) is 5.06. The highest BCUT2D eigenvalue weighted by Crippen LogP contribution is 2.38. The number of halogens is 1. The lowest BCUT2D eigenvalue weighted by Crippen LogP contribution is -3.12. The number of piperidine rings is 1. The Hall–Kier alpha value is -2.11. The Balaban J connectivity index is 1.42. The van der Waals surface area contributed by atoms with Gasteiger partial charge in [0.2, 0.25) is 6.79 Å². The molecule has 2 aliphatic heterocycles. The minimum atomic E-state index is -0.812. The minimum Gasteiger partial charge on any atom is -0.454 e. The van der Waals surface area contributed by atoms with Crippen LogP contribution in [0.25, 0.3) is 0 Å². The van der Waals surface area contributed by atoms with Gasteiger partial charge in [-0.3, -0.25) is 0 Å². The molecule has 5 heteroatoms. The zero-order chi connectivity index (χ0) is 16.6. The maximum atomic E-state index is 13.0. The Morgan fingerprint density at radius 3 is 2.46 bits per heavy atom. The molecule has 0 aromatic heterocycles. The molecule has 0 unspecified atom stereocenters. The number of hydrogen-bond donors (Lipinski definition) is 2. The molecule has 2 aliphatic rings. The molecular formula is C19H21FNO3+. The summed E-state index contributed by atoms with van der Waals surface area (Å²) in [4.78, 5) is 1.41. The monoisotopic (exact) mass is 330 g/mol. The van der Waals surface area contributed by atoms with Crippen molar-refractivity contribution in [2.24, 2.45) is 0 Å². The van der Waals surface area contributed by atoms with Crippen molar-refractivity contribution in [2.75, 3.05) is 19.9 Å². The van der Waals surface area contributed by atoms with Crippen molar-refractivity contribution in [1.82, 2.24) is 0 Å². The highest BCUT2D eigenvalue weighted by atomic mass is 19.1. The van der Waals surface area contributed by atoms with Gasteiger partial charge in [0.15, 0.2) is 11.5 Å². The number of fused-ring (bicyclic) bond motifs is 1. The van der Waals surface area contributed by atoms with Crippen LogP contribution < -0.4 is 14.4 Å². The van der Waals surface area contributed by atoms with E-state index in [-0.39, 0.29) is 12.6 Å². The van der Waals surface area contributed by atoms with Crippen molar-refractivity contribution < 1.29 is 23.9 Å². The first-order valence-corrected chi connectivity index (χ1v) is 8.33. The lowest BCUT2D eigenvalue weighted by atomic mass is 9.84. The Labute approximate surface area is 140 Å². The lowest BCUT2D eigenvalue weighted by Gasteiger charge is -2.36. The summed E-state index contributed by atoms with van der Waals surface area (Å²) >= 11 is 0. The van der Waals surface area contributed by atoms with E-state index < -0.39 is 5.60 Å². The van der Waals surface area contributed by atoms with Gasteiger partial charge in [-0.2, -0.15) is 0 Å². The van der Waals surface area contributed by atoms with Crippen LogP contribution in [0.15, 0.2) is 42.5 Å². The number of rotatable bonds is 3. The molecule has 1 fully saturated rings. The van der Waals surface area contributed by atoms with Crippen molar-refractivity contribution >= 4 is 0 Å². The van der Waals surface area contributed by atoms with Crippen LogP contribution in [-0.2, 0) is 12.1 Å². The van der Waals surface area contributed by atoms with Crippen molar-refractivity contribution in [2.45, 2.75) is 25.0 Å². The summed E-state index contributed by atoms with van der Waals surface area (Å²) in [5, 5.41) is 11.0. The van der Waals surface area contributed by atoms with Crippen LogP contribution in [0.3, 0.4) is 0 Å². The SMILES string of the molecule is OC1(c2ccc3c(c2)OCO3)CC[NH+](Cc2ccc(F)cc2)CC1. The van der Waals surface area contributed by atoms with Gasteiger partial charge in [0.25, 0.3) is 0 Å². The minimum absolute atomic E-state index is 0.204. The first-order valence-electron chi connectivity index (χ1n) is 8.33. The van der Waals surface area contributed by atoms with E-state index in [1.54, 1.807) is 0 Å². The number of quaternary nitrogens is 1. The van der Waals surface area contributed by atoms with Crippen LogP contribution in [0.5, 0.6) is 11.5 Å². The summed E-state index contributed by atoms with van der Waals surface area (Å²) in [6.07, 6.45) is 1.40. The van der Waals surface area contributed by atoms with Gasteiger partial charge in [0.1, 0.15) is 18.0 Å². The van der Waals surface area contributed by atoms with Crippen LogP contribution in [-0.4, -0.2) is 25.0 Å². The third-order valence-electron chi connectivity index (χ3n) is 5.06. The van der Waals surface area contributed by atoms with Gasteiger partial charge in [0.05, 0.1) is 13.1 Å². The van der Waals surface area contributed by atoms with Gasteiger partial charge in [-0.05, 0) is 29.8 Å². The smallest absolute Gasteiger partial charge is 0.231 e. The largest absolute Gasteiger partial charge is 0.454 e. The molecule has 0 saturated carbocycles. The molecule has 2 N–H and O–H groups in total. The molecule has 24 heavy (non-hydrogen) atoms. The van der Waals surface area contributed by atoms with E-state index in [0.717, 1.165) is 36.5 Å².